The quantitative estimate of drug-likeness (QED) is 0.0695. The molecule has 1 heterocycles. The van der Waals surface area contributed by atoms with E-state index in [0.717, 1.165) is 12.7 Å². The van der Waals surface area contributed by atoms with Crippen molar-refractivity contribution in [1.82, 2.24) is 0 Å². The number of aryl methyl sites for hydroxylation is 1. The van der Waals surface area contributed by atoms with E-state index in [4.69, 9.17) is 14.9 Å². The molecule has 8 heteroatoms. The van der Waals surface area contributed by atoms with Crippen LogP contribution in [0, 0.1) is 7.14 Å². The van der Waals surface area contributed by atoms with Crippen LogP contribution in [0.15, 0.2) is 71.1 Å². The Labute approximate surface area is 235 Å². The third kappa shape index (κ3) is 6.73. The van der Waals surface area contributed by atoms with E-state index in [-0.39, 0.29) is 30.5 Å². The average Bonchev–Trinajstić information content (AvgIpc) is 3.18. The smallest absolute Gasteiger partial charge is 0.315 e. The number of carbonyl (C=O) groups excluding carboxylic acids is 3. The van der Waals surface area contributed by atoms with Crippen molar-refractivity contribution in [2.45, 2.75) is 32.1 Å². The fourth-order valence-corrected chi connectivity index (χ4v) is 5.90. The molecule has 2 N–H and O–H groups in total. The van der Waals surface area contributed by atoms with Gasteiger partial charge in [-0.25, -0.2) is 0 Å². The number of hydrogen-bond acceptors (Lipinski definition) is 5. The second-order valence-corrected chi connectivity index (χ2v) is 10.8. The van der Waals surface area contributed by atoms with Crippen LogP contribution in [-0.2, 0) is 22.4 Å². The van der Waals surface area contributed by atoms with Crippen LogP contribution >= 0.6 is 45.2 Å². The molecule has 1 aromatic heterocycles. The minimum absolute atomic E-state index is 0.135. The minimum atomic E-state index is -0.386. The first kappa shape index (κ1) is 26.3. The molecule has 1 amide bonds. The van der Waals surface area contributed by atoms with Crippen LogP contribution in [0.5, 0.6) is 5.75 Å². The van der Waals surface area contributed by atoms with Crippen LogP contribution in [-0.4, -0.2) is 17.7 Å². The predicted molar refractivity (Wildman–Crippen MR) is 154 cm³/mol. The molecule has 36 heavy (non-hydrogen) atoms. The first-order chi connectivity index (χ1) is 17.3. The summed E-state index contributed by atoms with van der Waals surface area (Å²) in [5.41, 5.74) is 7.65. The van der Waals surface area contributed by atoms with Crippen molar-refractivity contribution in [3.63, 3.8) is 0 Å². The number of furan rings is 1. The van der Waals surface area contributed by atoms with Crippen molar-refractivity contribution in [1.29, 1.82) is 0 Å². The highest BCUT2D eigenvalue weighted by Gasteiger charge is 2.23. The highest BCUT2D eigenvalue weighted by atomic mass is 127. The van der Waals surface area contributed by atoms with Gasteiger partial charge in [-0.05, 0) is 93.9 Å². The van der Waals surface area contributed by atoms with Gasteiger partial charge in [0.25, 0.3) is 0 Å². The summed E-state index contributed by atoms with van der Waals surface area (Å²) in [4.78, 5) is 37.2. The van der Waals surface area contributed by atoms with Gasteiger partial charge in [0.15, 0.2) is 5.78 Å². The number of benzene rings is 3. The lowest BCUT2D eigenvalue weighted by Crippen LogP contribution is -2.11. The molecular weight excluding hydrogens is 684 g/mol. The van der Waals surface area contributed by atoms with Gasteiger partial charge in [-0.1, -0.05) is 30.3 Å². The van der Waals surface area contributed by atoms with E-state index in [9.17, 15) is 14.4 Å². The van der Waals surface area contributed by atoms with Crippen molar-refractivity contribution in [3.05, 3.63) is 96.3 Å². The van der Waals surface area contributed by atoms with Crippen LogP contribution in [0.25, 0.3) is 11.0 Å². The number of ketones is 1. The molecule has 0 saturated carbocycles. The third-order valence-electron chi connectivity index (χ3n) is 5.59. The number of esters is 1. The normalized spacial score (nSPS) is 10.9. The van der Waals surface area contributed by atoms with E-state index < -0.39 is 0 Å². The maximum atomic E-state index is 13.6. The van der Waals surface area contributed by atoms with Gasteiger partial charge in [0.1, 0.15) is 17.1 Å². The van der Waals surface area contributed by atoms with Crippen LogP contribution in [0.1, 0.15) is 46.5 Å². The van der Waals surface area contributed by atoms with Gasteiger partial charge in [-0.15, -0.1) is 0 Å². The molecular formula is C28H23I2NO5. The third-order valence-corrected chi connectivity index (χ3v) is 6.83. The number of unbranched alkanes of at least 4 members (excludes halogenated alkanes) is 1. The molecule has 0 aliphatic carbocycles. The van der Waals surface area contributed by atoms with Gasteiger partial charge in [0.2, 0.25) is 5.91 Å². The molecule has 0 saturated heterocycles. The lowest BCUT2D eigenvalue weighted by atomic mass is 9.98. The van der Waals surface area contributed by atoms with E-state index in [1.165, 1.54) is 0 Å². The van der Waals surface area contributed by atoms with Gasteiger partial charge in [0, 0.05) is 37.0 Å². The highest BCUT2D eigenvalue weighted by molar-refractivity contribution is 14.1. The molecule has 0 fully saturated rings. The highest BCUT2D eigenvalue weighted by Crippen LogP contribution is 2.33. The Morgan fingerprint density at radius 1 is 0.889 bits per heavy atom. The summed E-state index contributed by atoms with van der Waals surface area (Å²) in [6, 6.07) is 20.1. The number of hydrogen-bond donors (Lipinski definition) is 1. The first-order valence-corrected chi connectivity index (χ1v) is 13.5. The standard InChI is InChI=1S/C28H23I2NO5/c29-19-13-18(14-20(30)15-19)28(34)27-22-11-10-21(35-26(33)12-17-6-2-1-3-7-17)16-24(22)36-23(27)8-4-5-9-25(31)32/h1-3,6-7,10-11,13-16H,4-5,8-9,12H2,(H2,31,32). The van der Waals surface area contributed by atoms with Gasteiger partial charge in [-0.3, -0.25) is 14.4 Å². The van der Waals surface area contributed by atoms with E-state index in [1.807, 2.05) is 48.5 Å². The molecule has 6 nitrogen and oxygen atoms in total. The average molecular weight is 707 g/mol. The molecule has 184 valence electrons. The van der Waals surface area contributed by atoms with Crippen molar-refractivity contribution >= 4 is 73.8 Å². The van der Waals surface area contributed by atoms with Gasteiger partial charge in [0.05, 0.1) is 12.0 Å². The number of carbonyl (C=O) groups is 3. The molecule has 0 bridgehead atoms. The number of rotatable bonds is 10. The zero-order valence-electron chi connectivity index (χ0n) is 19.3. The maximum Gasteiger partial charge on any atom is 0.315 e. The number of amides is 1. The summed E-state index contributed by atoms with van der Waals surface area (Å²) in [6.45, 7) is 0. The Bertz CT molecular complexity index is 1410. The van der Waals surface area contributed by atoms with Crippen LogP contribution in [0.2, 0.25) is 0 Å². The summed E-state index contributed by atoms with van der Waals surface area (Å²) >= 11 is 4.39. The Morgan fingerprint density at radius 3 is 2.31 bits per heavy atom. The summed E-state index contributed by atoms with van der Waals surface area (Å²) < 4.78 is 13.6. The van der Waals surface area contributed by atoms with Crippen molar-refractivity contribution in [2.24, 2.45) is 5.73 Å². The van der Waals surface area contributed by atoms with Crippen molar-refractivity contribution in [3.8, 4) is 5.75 Å². The van der Waals surface area contributed by atoms with Gasteiger partial charge >= 0.3 is 5.97 Å². The zero-order chi connectivity index (χ0) is 25.7. The van der Waals surface area contributed by atoms with E-state index in [2.05, 4.69) is 45.2 Å². The fourth-order valence-electron chi connectivity index (χ4n) is 3.96. The lowest BCUT2D eigenvalue weighted by Gasteiger charge is -2.06. The molecule has 0 aliphatic heterocycles. The molecule has 4 rings (SSSR count). The Hall–Kier alpha value is -2.73. The Balaban J connectivity index is 1.64. The molecule has 0 radical (unpaired) electrons. The fraction of sp³-hybridized carbons (Fsp3) is 0.179. The van der Waals surface area contributed by atoms with Crippen molar-refractivity contribution < 1.29 is 23.5 Å². The lowest BCUT2D eigenvalue weighted by molar-refractivity contribution is -0.133. The number of halogens is 2. The van der Waals surface area contributed by atoms with Crippen LogP contribution in [0.3, 0.4) is 0 Å². The summed E-state index contributed by atoms with van der Waals surface area (Å²) in [6.07, 6.45) is 2.15. The van der Waals surface area contributed by atoms with Gasteiger partial charge in [-0.2, -0.15) is 0 Å². The first-order valence-electron chi connectivity index (χ1n) is 11.4. The topological polar surface area (TPSA) is 99.6 Å². The molecule has 0 spiro atoms. The summed E-state index contributed by atoms with van der Waals surface area (Å²) in [5, 5.41) is 0.654. The number of ether oxygens (including phenoxy) is 1. The molecule has 3 aromatic carbocycles. The molecule has 4 aromatic rings. The Kier molecular flexibility index (Phi) is 8.78. The number of nitrogens with two attached hydrogens (primary N) is 1. The number of fused-ring (bicyclic) bond motifs is 1. The summed E-state index contributed by atoms with van der Waals surface area (Å²) in [7, 11) is 0. The monoisotopic (exact) mass is 707 g/mol. The molecule has 0 unspecified atom stereocenters. The summed E-state index contributed by atoms with van der Waals surface area (Å²) in [5.74, 6) is 0.0140. The largest absolute Gasteiger partial charge is 0.460 e. The second kappa shape index (κ2) is 12.0. The van der Waals surface area contributed by atoms with Crippen LogP contribution in [0.4, 0.5) is 0 Å². The SMILES string of the molecule is NC(=O)CCCCc1oc2cc(OC(=O)Cc3ccccc3)ccc2c1C(=O)c1cc(I)cc(I)c1. The van der Waals surface area contributed by atoms with E-state index >= 15 is 0 Å². The zero-order valence-corrected chi connectivity index (χ0v) is 23.6. The minimum Gasteiger partial charge on any atom is -0.460 e. The predicted octanol–water partition coefficient (Wildman–Crippen LogP) is 6.22. The van der Waals surface area contributed by atoms with E-state index in [0.29, 0.717) is 52.9 Å². The Morgan fingerprint density at radius 2 is 1.61 bits per heavy atom. The van der Waals surface area contributed by atoms with Crippen molar-refractivity contribution in [2.75, 3.05) is 0 Å². The van der Waals surface area contributed by atoms with Gasteiger partial charge < -0.3 is 14.9 Å². The van der Waals surface area contributed by atoms with E-state index in [1.54, 1.807) is 18.2 Å². The molecule has 0 atom stereocenters. The van der Waals surface area contributed by atoms with Crippen LogP contribution < -0.4 is 10.5 Å². The molecule has 0 aliphatic rings. The maximum absolute atomic E-state index is 13.6. The second-order valence-electron chi connectivity index (χ2n) is 8.36. The number of primary amides is 1.